The van der Waals surface area contributed by atoms with E-state index in [9.17, 15) is 8.78 Å². The maximum absolute atomic E-state index is 13.5. The fraction of sp³-hybridized carbons (Fsp3) is 0.375. The minimum Gasteiger partial charge on any atom is -0.372 e. The van der Waals surface area contributed by atoms with Gasteiger partial charge in [0, 0.05) is 34.8 Å². The van der Waals surface area contributed by atoms with Crippen molar-refractivity contribution in [2.75, 3.05) is 18.0 Å². The summed E-state index contributed by atoms with van der Waals surface area (Å²) in [6.45, 7) is 3.85. The lowest BCUT2D eigenvalue weighted by Crippen LogP contribution is -2.29. The zero-order valence-corrected chi connectivity index (χ0v) is 13.3. The SMILES string of the molecule is CCN1CCCc2cc(-c3ccc(Cl)s3)c(C(F)F)cc21. The highest BCUT2D eigenvalue weighted by Crippen LogP contribution is 2.41. The summed E-state index contributed by atoms with van der Waals surface area (Å²) in [4.78, 5) is 2.99. The lowest BCUT2D eigenvalue weighted by atomic mass is 9.95. The molecule has 0 atom stereocenters. The number of fused-ring (bicyclic) bond motifs is 1. The number of rotatable bonds is 3. The number of anilines is 1. The third-order valence-corrected chi connectivity index (χ3v) is 5.19. The van der Waals surface area contributed by atoms with Crippen molar-refractivity contribution >= 4 is 28.6 Å². The van der Waals surface area contributed by atoms with Crippen molar-refractivity contribution in [3.05, 3.63) is 39.7 Å². The first-order valence-corrected chi connectivity index (χ1v) is 8.25. The number of hydrogen-bond donors (Lipinski definition) is 0. The zero-order chi connectivity index (χ0) is 15.0. The van der Waals surface area contributed by atoms with Gasteiger partial charge in [0.25, 0.3) is 6.43 Å². The Morgan fingerprint density at radius 3 is 2.76 bits per heavy atom. The number of aryl methyl sites for hydroxylation is 1. The molecule has 1 aliphatic heterocycles. The molecule has 1 aromatic heterocycles. The quantitative estimate of drug-likeness (QED) is 0.690. The van der Waals surface area contributed by atoms with Crippen LogP contribution < -0.4 is 4.90 Å². The van der Waals surface area contributed by atoms with E-state index in [1.807, 2.05) is 12.1 Å². The highest BCUT2D eigenvalue weighted by molar-refractivity contribution is 7.19. The van der Waals surface area contributed by atoms with E-state index in [0.29, 0.717) is 9.90 Å². The number of alkyl halides is 2. The number of nitrogens with zero attached hydrogens (tertiary/aromatic N) is 1. The minimum atomic E-state index is -2.48. The van der Waals surface area contributed by atoms with Gasteiger partial charge in [-0.3, -0.25) is 0 Å². The molecule has 21 heavy (non-hydrogen) atoms. The molecule has 0 radical (unpaired) electrons. The van der Waals surface area contributed by atoms with Crippen molar-refractivity contribution in [2.45, 2.75) is 26.2 Å². The molecule has 0 amide bonds. The van der Waals surface area contributed by atoms with Gasteiger partial charge in [0.1, 0.15) is 0 Å². The van der Waals surface area contributed by atoms with E-state index in [1.54, 1.807) is 12.1 Å². The Hall–Kier alpha value is -1.13. The molecule has 5 heteroatoms. The van der Waals surface area contributed by atoms with Crippen molar-refractivity contribution in [3.8, 4) is 10.4 Å². The number of halogens is 3. The Labute approximate surface area is 132 Å². The molecule has 0 saturated carbocycles. The largest absolute Gasteiger partial charge is 0.372 e. The summed E-state index contributed by atoms with van der Waals surface area (Å²) >= 11 is 7.30. The molecule has 0 spiro atoms. The smallest absolute Gasteiger partial charge is 0.264 e. The van der Waals surface area contributed by atoms with Crippen LogP contribution >= 0.6 is 22.9 Å². The molecule has 0 aliphatic carbocycles. The van der Waals surface area contributed by atoms with E-state index in [0.717, 1.165) is 42.1 Å². The molecule has 2 heterocycles. The molecule has 0 unspecified atom stereocenters. The van der Waals surface area contributed by atoms with Gasteiger partial charge in [0.15, 0.2) is 0 Å². The van der Waals surface area contributed by atoms with Crippen LogP contribution in [-0.4, -0.2) is 13.1 Å². The highest BCUT2D eigenvalue weighted by atomic mass is 35.5. The summed E-state index contributed by atoms with van der Waals surface area (Å²) in [7, 11) is 0. The number of hydrogen-bond acceptors (Lipinski definition) is 2. The van der Waals surface area contributed by atoms with E-state index < -0.39 is 6.43 Å². The summed E-state index contributed by atoms with van der Waals surface area (Å²) in [5.41, 5.74) is 2.85. The molecular weight excluding hydrogens is 312 g/mol. The van der Waals surface area contributed by atoms with Gasteiger partial charge in [-0.1, -0.05) is 11.6 Å². The second-order valence-electron chi connectivity index (χ2n) is 5.16. The van der Waals surface area contributed by atoms with Crippen LogP contribution in [0.15, 0.2) is 24.3 Å². The molecule has 0 fully saturated rings. The van der Waals surface area contributed by atoms with Crippen LogP contribution in [0.2, 0.25) is 4.34 Å². The van der Waals surface area contributed by atoms with Gasteiger partial charge in [0.05, 0.1) is 4.34 Å². The van der Waals surface area contributed by atoms with Crippen LogP contribution in [0.4, 0.5) is 14.5 Å². The van der Waals surface area contributed by atoms with Crippen LogP contribution in [0.1, 0.15) is 30.9 Å². The summed E-state index contributed by atoms with van der Waals surface area (Å²) < 4.78 is 27.6. The average molecular weight is 328 g/mol. The van der Waals surface area contributed by atoms with Crippen LogP contribution in [-0.2, 0) is 6.42 Å². The van der Waals surface area contributed by atoms with E-state index in [2.05, 4.69) is 11.8 Å². The highest BCUT2D eigenvalue weighted by Gasteiger charge is 2.23. The standard InChI is InChI=1S/C16H16ClF2NS/c1-2-20-7-3-4-10-8-11(14-5-6-15(17)21-14)12(16(18)19)9-13(10)20/h5-6,8-9,16H,2-4,7H2,1H3. The van der Waals surface area contributed by atoms with Gasteiger partial charge < -0.3 is 4.90 Å². The van der Waals surface area contributed by atoms with E-state index in [-0.39, 0.29) is 5.56 Å². The third kappa shape index (κ3) is 2.79. The molecule has 0 bridgehead atoms. The number of benzene rings is 1. The molecule has 1 aliphatic rings. The minimum absolute atomic E-state index is 0.104. The fourth-order valence-corrected chi connectivity index (χ4v) is 3.99. The van der Waals surface area contributed by atoms with Gasteiger partial charge in [-0.15, -0.1) is 11.3 Å². The normalized spacial score (nSPS) is 14.6. The molecule has 0 N–H and O–H groups in total. The molecule has 3 rings (SSSR count). The Bertz CT molecular complexity index is 654. The van der Waals surface area contributed by atoms with Gasteiger partial charge >= 0.3 is 0 Å². The van der Waals surface area contributed by atoms with Crippen LogP contribution in [0.25, 0.3) is 10.4 Å². The first-order valence-electron chi connectivity index (χ1n) is 7.05. The van der Waals surface area contributed by atoms with Gasteiger partial charge in [0.2, 0.25) is 0 Å². The second-order valence-corrected chi connectivity index (χ2v) is 6.87. The predicted octanol–water partition coefficient (Wildman–Crippen LogP) is 5.78. The monoisotopic (exact) mass is 327 g/mol. The van der Waals surface area contributed by atoms with E-state index in [4.69, 9.17) is 11.6 Å². The maximum Gasteiger partial charge on any atom is 0.264 e. The molecular formula is C16H16ClF2NS. The second kappa shape index (κ2) is 5.93. The van der Waals surface area contributed by atoms with Crippen molar-refractivity contribution in [1.82, 2.24) is 0 Å². The van der Waals surface area contributed by atoms with Crippen molar-refractivity contribution in [3.63, 3.8) is 0 Å². The lowest BCUT2D eigenvalue weighted by molar-refractivity contribution is 0.152. The van der Waals surface area contributed by atoms with Crippen LogP contribution in [0.5, 0.6) is 0 Å². The Morgan fingerprint density at radius 1 is 1.33 bits per heavy atom. The van der Waals surface area contributed by atoms with Crippen LogP contribution in [0, 0.1) is 0 Å². The first-order chi connectivity index (χ1) is 10.1. The molecule has 112 valence electrons. The topological polar surface area (TPSA) is 3.24 Å². The molecule has 2 aromatic rings. The van der Waals surface area contributed by atoms with E-state index in [1.165, 1.54) is 11.3 Å². The third-order valence-electron chi connectivity index (χ3n) is 3.92. The summed E-state index contributed by atoms with van der Waals surface area (Å²) in [6.07, 6.45) is -0.465. The van der Waals surface area contributed by atoms with Crippen LogP contribution in [0.3, 0.4) is 0 Å². The number of thiophene rings is 1. The maximum atomic E-state index is 13.5. The van der Waals surface area contributed by atoms with Crippen molar-refractivity contribution < 1.29 is 8.78 Å². The first kappa shape index (κ1) is 14.8. The fourth-order valence-electron chi connectivity index (χ4n) is 2.91. The predicted molar refractivity (Wildman–Crippen MR) is 85.9 cm³/mol. The van der Waals surface area contributed by atoms with E-state index >= 15 is 0 Å². The van der Waals surface area contributed by atoms with Crippen molar-refractivity contribution in [2.24, 2.45) is 0 Å². The average Bonchev–Trinajstić information content (AvgIpc) is 2.91. The Morgan fingerprint density at radius 2 is 2.14 bits per heavy atom. The molecule has 0 saturated heterocycles. The summed E-state index contributed by atoms with van der Waals surface area (Å²) in [6, 6.07) is 7.18. The van der Waals surface area contributed by atoms with Gasteiger partial charge in [-0.05, 0) is 49.6 Å². The van der Waals surface area contributed by atoms with Crippen molar-refractivity contribution in [1.29, 1.82) is 0 Å². The summed E-state index contributed by atoms with van der Waals surface area (Å²) in [5.74, 6) is 0. The Kier molecular flexibility index (Phi) is 4.18. The van der Waals surface area contributed by atoms with Gasteiger partial charge in [-0.2, -0.15) is 0 Å². The van der Waals surface area contributed by atoms with Gasteiger partial charge in [-0.25, -0.2) is 8.78 Å². The Balaban J connectivity index is 2.16. The summed E-state index contributed by atoms with van der Waals surface area (Å²) in [5, 5.41) is 0. The lowest BCUT2D eigenvalue weighted by Gasteiger charge is -2.31. The molecule has 1 aromatic carbocycles. The zero-order valence-electron chi connectivity index (χ0n) is 11.7. The molecule has 1 nitrogen and oxygen atoms in total.